The number of unbranched alkanes of at least 4 members (excludes halogenated alkanes) is 27. The second-order valence-electron chi connectivity index (χ2n) is 19.9. The third-order valence-corrected chi connectivity index (χ3v) is 13.1. The minimum Gasteiger partial charge on any atom is -0.756 e. The highest BCUT2D eigenvalue weighted by atomic mass is 31.2. The predicted octanol–water partition coefficient (Wildman–Crippen LogP) is 16.1. The molecule has 67 heavy (non-hydrogen) atoms. The maximum absolute atomic E-state index is 12.9. The normalized spacial score (nSPS) is 14.6. The number of aliphatic hydroxyl groups is 1. The molecule has 0 heterocycles. The van der Waals surface area contributed by atoms with Crippen LogP contribution in [0.3, 0.4) is 0 Å². The van der Waals surface area contributed by atoms with E-state index in [0.29, 0.717) is 23.9 Å². The summed E-state index contributed by atoms with van der Waals surface area (Å²) in [6.45, 7) is 4.48. The molecule has 390 valence electrons. The van der Waals surface area contributed by atoms with Crippen LogP contribution < -0.4 is 10.2 Å². The summed E-state index contributed by atoms with van der Waals surface area (Å²) in [4.78, 5) is 25.3. The fourth-order valence-electron chi connectivity index (χ4n) is 7.79. The number of nitrogens with zero attached hydrogens (tertiary/aromatic N) is 1. The topological polar surface area (TPSA) is 108 Å². The molecule has 9 heteroatoms. The molecule has 0 aliphatic heterocycles. The van der Waals surface area contributed by atoms with Gasteiger partial charge in [-0.1, -0.05) is 228 Å². The number of carbonyl (C=O) groups is 1. The van der Waals surface area contributed by atoms with E-state index < -0.39 is 26.6 Å². The van der Waals surface area contributed by atoms with E-state index in [9.17, 15) is 19.4 Å². The summed E-state index contributed by atoms with van der Waals surface area (Å²) < 4.78 is 23.2. The van der Waals surface area contributed by atoms with Crippen molar-refractivity contribution >= 4 is 13.7 Å². The number of carbonyl (C=O) groups excluding carboxylic acids is 1. The third kappa shape index (κ3) is 51.6. The second-order valence-corrected chi connectivity index (χ2v) is 21.3. The van der Waals surface area contributed by atoms with E-state index in [0.717, 1.165) is 64.2 Å². The zero-order valence-electron chi connectivity index (χ0n) is 44.3. The van der Waals surface area contributed by atoms with Gasteiger partial charge in [0.2, 0.25) is 5.91 Å². The lowest BCUT2D eigenvalue weighted by Gasteiger charge is -2.29. The Bertz CT molecular complexity index is 1320. The molecule has 3 unspecified atom stereocenters. The van der Waals surface area contributed by atoms with Gasteiger partial charge in [0.1, 0.15) is 13.2 Å². The number of aliphatic hydroxyl groups excluding tert-OH is 1. The first-order valence-electron chi connectivity index (χ1n) is 27.8. The molecular formula is C58H107N2O6P. The molecule has 0 saturated carbocycles. The van der Waals surface area contributed by atoms with E-state index >= 15 is 0 Å². The van der Waals surface area contributed by atoms with Crippen molar-refractivity contribution in [3.63, 3.8) is 0 Å². The molecule has 0 aliphatic carbocycles. The molecule has 0 aromatic rings. The molecule has 0 fully saturated rings. The van der Waals surface area contributed by atoms with Gasteiger partial charge in [-0.2, -0.15) is 0 Å². The number of nitrogens with one attached hydrogen (secondary N) is 1. The number of amides is 1. The van der Waals surface area contributed by atoms with Crippen LogP contribution in [0.4, 0.5) is 0 Å². The molecule has 0 rings (SSSR count). The van der Waals surface area contributed by atoms with Gasteiger partial charge in [0.25, 0.3) is 7.82 Å². The fourth-order valence-corrected chi connectivity index (χ4v) is 8.51. The highest BCUT2D eigenvalue weighted by Gasteiger charge is 2.23. The van der Waals surface area contributed by atoms with E-state index in [1.54, 1.807) is 6.08 Å². The molecule has 0 bridgehead atoms. The van der Waals surface area contributed by atoms with Crippen molar-refractivity contribution in [1.82, 2.24) is 5.32 Å². The van der Waals surface area contributed by atoms with Gasteiger partial charge in [-0.05, 0) is 77.0 Å². The van der Waals surface area contributed by atoms with Gasteiger partial charge < -0.3 is 28.8 Å². The van der Waals surface area contributed by atoms with Crippen molar-refractivity contribution in [3.8, 4) is 0 Å². The zero-order valence-corrected chi connectivity index (χ0v) is 45.2. The molecule has 1 amide bonds. The molecule has 2 N–H and O–H groups in total. The van der Waals surface area contributed by atoms with Crippen LogP contribution in [0.15, 0.2) is 72.9 Å². The van der Waals surface area contributed by atoms with Gasteiger partial charge >= 0.3 is 0 Å². The Hall–Kier alpha value is -2.06. The number of hydrogen-bond donors (Lipinski definition) is 2. The molecule has 0 radical (unpaired) electrons. The Balaban J connectivity index is 4.19. The van der Waals surface area contributed by atoms with Crippen molar-refractivity contribution in [2.75, 3.05) is 40.9 Å². The lowest BCUT2D eigenvalue weighted by Crippen LogP contribution is -2.45. The van der Waals surface area contributed by atoms with Crippen molar-refractivity contribution in [3.05, 3.63) is 72.9 Å². The Labute approximate surface area is 414 Å². The smallest absolute Gasteiger partial charge is 0.268 e. The number of quaternary nitrogens is 1. The summed E-state index contributed by atoms with van der Waals surface area (Å²) in [5.41, 5.74) is 0. The van der Waals surface area contributed by atoms with Gasteiger partial charge in [0.15, 0.2) is 0 Å². The number of likely N-dealkylation sites (N-methyl/N-ethyl adjacent to an activating group) is 1. The van der Waals surface area contributed by atoms with Crippen LogP contribution in [-0.4, -0.2) is 68.5 Å². The third-order valence-electron chi connectivity index (χ3n) is 12.1. The van der Waals surface area contributed by atoms with Crippen LogP contribution in [0, 0.1) is 0 Å². The van der Waals surface area contributed by atoms with Crippen LogP contribution in [0.2, 0.25) is 0 Å². The van der Waals surface area contributed by atoms with E-state index in [1.165, 1.54) is 148 Å². The predicted molar refractivity (Wildman–Crippen MR) is 288 cm³/mol. The summed E-state index contributed by atoms with van der Waals surface area (Å²) >= 11 is 0. The van der Waals surface area contributed by atoms with Crippen LogP contribution in [0.5, 0.6) is 0 Å². The average Bonchev–Trinajstić information content (AvgIpc) is 3.29. The quantitative estimate of drug-likeness (QED) is 0.0272. The minimum absolute atomic E-state index is 0.0181. The summed E-state index contributed by atoms with van der Waals surface area (Å²) in [5, 5.41) is 13.8. The first-order chi connectivity index (χ1) is 32.5. The molecule has 0 spiro atoms. The van der Waals surface area contributed by atoms with Crippen LogP contribution in [0.25, 0.3) is 0 Å². The largest absolute Gasteiger partial charge is 0.756 e. The van der Waals surface area contributed by atoms with Gasteiger partial charge in [0, 0.05) is 6.42 Å². The van der Waals surface area contributed by atoms with Gasteiger partial charge in [0.05, 0.1) is 39.9 Å². The summed E-state index contributed by atoms with van der Waals surface area (Å²) in [7, 11) is 1.21. The average molecular weight is 959 g/mol. The van der Waals surface area contributed by atoms with Gasteiger partial charge in [-0.25, -0.2) is 0 Å². The molecule has 0 aliphatic rings. The Morgan fingerprint density at radius 2 is 0.925 bits per heavy atom. The molecule has 8 nitrogen and oxygen atoms in total. The maximum Gasteiger partial charge on any atom is 0.268 e. The number of rotatable bonds is 50. The number of hydrogen-bond acceptors (Lipinski definition) is 6. The highest BCUT2D eigenvalue weighted by molar-refractivity contribution is 7.45. The second kappa shape index (κ2) is 48.9. The van der Waals surface area contributed by atoms with E-state index in [-0.39, 0.29) is 12.5 Å². The Kier molecular flexibility index (Phi) is 47.4. The first-order valence-corrected chi connectivity index (χ1v) is 29.3. The first kappa shape index (κ1) is 64.9. The summed E-state index contributed by atoms with van der Waals surface area (Å²) in [5.74, 6) is -0.242. The number of allylic oxidation sites excluding steroid dienone is 11. The molecule has 0 aromatic heterocycles. The zero-order chi connectivity index (χ0) is 49.2. The van der Waals surface area contributed by atoms with Crippen molar-refractivity contribution < 1.29 is 32.9 Å². The molecular weight excluding hydrogens is 852 g/mol. The lowest BCUT2D eigenvalue weighted by atomic mass is 10.0. The standard InChI is InChI=1S/C58H107N2O6P/c1-6-8-10-12-14-16-18-20-21-22-23-24-25-26-27-28-29-30-31-32-33-34-35-36-37-38-40-41-43-45-47-49-51-57(61)56(55-66-67(63,64)65-54-53-60(3,4)5)59-58(62)52-50-48-46-44-42-39-19-17-15-13-11-9-7-2/h9,11,15,17,36-37,39,41-43,49,51,56-57,61H,6-8,10,12-14,16,18-35,38,40,44-48,50,52-55H2,1-5H3,(H-,59,62,63,64)/b11-9-,17-15-,37-36+,42-39-,43-41+,51-49+. The highest BCUT2D eigenvalue weighted by Crippen LogP contribution is 2.38. The molecule has 3 atom stereocenters. The van der Waals surface area contributed by atoms with Crippen LogP contribution in [0.1, 0.15) is 239 Å². The van der Waals surface area contributed by atoms with E-state index in [2.05, 4.69) is 79.9 Å². The Morgan fingerprint density at radius 3 is 1.39 bits per heavy atom. The fraction of sp³-hybridized carbons (Fsp3) is 0.776. The molecule has 0 saturated heterocycles. The van der Waals surface area contributed by atoms with Crippen molar-refractivity contribution in [1.29, 1.82) is 0 Å². The van der Waals surface area contributed by atoms with E-state index in [4.69, 9.17) is 9.05 Å². The number of phosphoric ester groups is 1. The lowest BCUT2D eigenvalue weighted by molar-refractivity contribution is -0.870. The summed E-state index contributed by atoms with van der Waals surface area (Å²) in [6, 6.07) is -0.928. The molecule has 0 aromatic carbocycles. The Morgan fingerprint density at radius 1 is 0.537 bits per heavy atom. The minimum atomic E-state index is -4.62. The van der Waals surface area contributed by atoms with Gasteiger partial charge in [-0.15, -0.1) is 0 Å². The van der Waals surface area contributed by atoms with Gasteiger partial charge in [-0.3, -0.25) is 9.36 Å². The van der Waals surface area contributed by atoms with Crippen molar-refractivity contribution in [2.24, 2.45) is 0 Å². The SMILES string of the molecule is CC/C=C\C/C=C\C/C=C\CCCCCC(=O)NC(COP(=O)([O-])OCC[N+](C)(C)C)C(O)/C=C/CC/C=C/CC/C=C/CCCCCCCCCCCCCCCCCCCCCCCC. The van der Waals surface area contributed by atoms with E-state index in [1.807, 2.05) is 27.2 Å². The summed E-state index contributed by atoms with van der Waals surface area (Å²) in [6.07, 6.45) is 67.3. The van der Waals surface area contributed by atoms with Crippen LogP contribution in [-0.2, 0) is 18.4 Å². The maximum atomic E-state index is 12.9. The monoisotopic (exact) mass is 959 g/mol. The van der Waals surface area contributed by atoms with Crippen molar-refractivity contribution in [2.45, 2.75) is 251 Å². The number of phosphoric acid groups is 1. The van der Waals surface area contributed by atoms with Crippen LogP contribution >= 0.6 is 7.82 Å².